The molecule has 0 amide bonds. The molecule has 0 saturated carbocycles. The van der Waals surface area contributed by atoms with Crippen LogP contribution in [0.25, 0.3) is 0 Å². The topological polar surface area (TPSA) is 111 Å². The van der Waals surface area contributed by atoms with E-state index in [-0.39, 0.29) is 17.9 Å². The third-order valence-electron chi connectivity index (χ3n) is 3.17. The van der Waals surface area contributed by atoms with Crippen LogP contribution in [0.5, 0.6) is 0 Å². The molecule has 0 spiro atoms. The average Bonchev–Trinajstić information content (AvgIpc) is 3.02. The Kier molecular flexibility index (Phi) is 6.30. The summed E-state index contributed by atoms with van der Waals surface area (Å²) in [5, 5.41) is 18.3. The molecule has 0 bridgehead atoms. The minimum atomic E-state index is -0.582. The lowest BCUT2D eigenvalue weighted by atomic mass is 10.2. The molecule has 1 heterocycles. The number of nitro groups is 1. The molecule has 0 atom stereocenters. The summed E-state index contributed by atoms with van der Waals surface area (Å²) < 4.78 is 5.18. The van der Waals surface area contributed by atoms with Gasteiger partial charge < -0.3 is 4.74 Å². The van der Waals surface area contributed by atoms with E-state index in [0.29, 0.717) is 16.5 Å². The van der Waals surface area contributed by atoms with Crippen molar-refractivity contribution in [2.45, 2.75) is 43.2 Å². The van der Waals surface area contributed by atoms with Crippen molar-refractivity contribution in [1.29, 1.82) is 0 Å². The molecule has 2 rings (SSSR count). The number of nitrogens with one attached hydrogen (secondary N) is 1. The minimum Gasteiger partial charge on any atom is -0.462 e. The highest BCUT2D eigenvalue weighted by atomic mass is 32.2. The van der Waals surface area contributed by atoms with Gasteiger partial charge in [-0.1, -0.05) is 20.3 Å². The van der Waals surface area contributed by atoms with Crippen LogP contribution in [-0.4, -0.2) is 32.7 Å². The maximum Gasteiger partial charge on any atom is 0.339 e. The molecule has 2 aromatic rings. The molecule has 1 aromatic carbocycles. The zero-order chi connectivity index (χ0) is 17.5. The molecule has 8 nitrogen and oxygen atoms in total. The fourth-order valence-corrected chi connectivity index (χ4v) is 2.68. The summed E-state index contributed by atoms with van der Waals surface area (Å²) in [7, 11) is 0. The number of rotatable bonds is 8. The SMILES string of the molecule is CCCCOC(=O)c1cc([N+](=O)[O-])ccc1Sc1n[nH]c(CC)n1. The van der Waals surface area contributed by atoms with E-state index in [2.05, 4.69) is 15.2 Å². The lowest BCUT2D eigenvalue weighted by Crippen LogP contribution is -2.08. The van der Waals surface area contributed by atoms with Crippen LogP contribution in [0.3, 0.4) is 0 Å². The van der Waals surface area contributed by atoms with Crippen molar-refractivity contribution in [2.75, 3.05) is 6.61 Å². The van der Waals surface area contributed by atoms with E-state index in [4.69, 9.17) is 4.74 Å². The Hall–Kier alpha value is -2.42. The second-order valence-corrected chi connectivity index (χ2v) is 5.96. The number of non-ortho nitro benzene ring substituents is 1. The Balaban J connectivity index is 2.27. The van der Waals surface area contributed by atoms with E-state index in [1.54, 1.807) is 0 Å². The van der Waals surface area contributed by atoms with Crippen LogP contribution in [0.2, 0.25) is 0 Å². The summed E-state index contributed by atoms with van der Waals surface area (Å²) in [6.07, 6.45) is 2.34. The average molecular weight is 350 g/mol. The second-order valence-electron chi connectivity index (χ2n) is 4.95. The van der Waals surface area contributed by atoms with E-state index >= 15 is 0 Å². The number of H-pyrrole nitrogens is 1. The van der Waals surface area contributed by atoms with Crippen molar-refractivity contribution in [3.63, 3.8) is 0 Å². The van der Waals surface area contributed by atoms with Gasteiger partial charge >= 0.3 is 5.97 Å². The fourth-order valence-electron chi connectivity index (χ4n) is 1.85. The van der Waals surface area contributed by atoms with E-state index in [0.717, 1.165) is 30.4 Å². The maximum absolute atomic E-state index is 12.3. The van der Waals surface area contributed by atoms with Crippen LogP contribution in [0.1, 0.15) is 42.9 Å². The number of aryl methyl sites for hydroxylation is 1. The van der Waals surface area contributed by atoms with E-state index in [9.17, 15) is 14.9 Å². The van der Waals surface area contributed by atoms with Gasteiger partial charge in [-0.3, -0.25) is 15.2 Å². The molecule has 24 heavy (non-hydrogen) atoms. The van der Waals surface area contributed by atoms with E-state index in [1.165, 1.54) is 18.2 Å². The summed E-state index contributed by atoms with van der Waals surface area (Å²) in [5.41, 5.74) is -0.0147. The monoisotopic (exact) mass is 350 g/mol. The Morgan fingerprint density at radius 3 is 2.83 bits per heavy atom. The third kappa shape index (κ3) is 4.54. The number of aromatic nitrogens is 3. The predicted molar refractivity (Wildman–Crippen MR) is 88.2 cm³/mol. The molecule has 0 saturated heterocycles. The van der Waals surface area contributed by atoms with E-state index in [1.807, 2.05) is 13.8 Å². The van der Waals surface area contributed by atoms with E-state index < -0.39 is 10.9 Å². The first-order valence-corrected chi connectivity index (χ1v) is 8.41. The molecule has 0 unspecified atom stereocenters. The van der Waals surface area contributed by atoms with Gasteiger partial charge in [-0.25, -0.2) is 9.78 Å². The third-order valence-corrected chi connectivity index (χ3v) is 4.11. The number of carbonyl (C=O) groups excluding carboxylic acids is 1. The summed E-state index contributed by atoms with van der Waals surface area (Å²) in [5.74, 6) is 0.146. The van der Waals surface area contributed by atoms with Crippen LogP contribution < -0.4 is 0 Å². The van der Waals surface area contributed by atoms with Gasteiger partial charge in [-0.2, -0.15) is 0 Å². The number of hydrogen-bond donors (Lipinski definition) is 1. The highest BCUT2D eigenvalue weighted by molar-refractivity contribution is 7.99. The van der Waals surface area contributed by atoms with Crippen molar-refractivity contribution >= 4 is 23.4 Å². The van der Waals surface area contributed by atoms with Gasteiger partial charge in [-0.05, 0) is 24.2 Å². The van der Waals surface area contributed by atoms with Crippen molar-refractivity contribution in [1.82, 2.24) is 15.2 Å². The Morgan fingerprint density at radius 1 is 1.42 bits per heavy atom. The number of benzene rings is 1. The summed E-state index contributed by atoms with van der Waals surface area (Å²) in [6, 6.07) is 4.09. The standard InChI is InChI=1S/C15H18N4O4S/c1-3-5-8-23-14(20)11-9-10(19(21)22)6-7-12(11)24-15-16-13(4-2)17-18-15/h6-7,9H,3-5,8H2,1-2H3,(H,16,17,18). The molecule has 0 aliphatic rings. The molecular weight excluding hydrogens is 332 g/mol. The van der Waals surface area contributed by atoms with Crippen molar-refractivity contribution in [2.24, 2.45) is 0 Å². The van der Waals surface area contributed by atoms with Crippen molar-refractivity contribution in [3.05, 3.63) is 39.7 Å². The second kappa shape index (κ2) is 8.44. The Morgan fingerprint density at radius 2 is 2.21 bits per heavy atom. The zero-order valence-corrected chi connectivity index (χ0v) is 14.3. The largest absolute Gasteiger partial charge is 0.462 e. The van der Waals surface area contributed by atoms with Crippen LogP contribution in [0, 0.1) is 10.1 Å². The van der Waals surface area contributed by atoms with Crippen molar-refractivity contribution < 1.29 is 14.5 Å². The number of ether oxygens (including phenoxy) is 1. The van der Waals surface area contributed by atoms with Gasteiger partial charge in [0, 0.05) is 23.4 Å². The normalized spacial score (nSPS) is 10.6. The molecular formula is C15H18N4O4S. The molecule has 0 fully saturated rings. The summed E-state index contributed by atoms with van der Waals surface area (Å²) >= 11 is 1.16. The first kappa shape index (κ1) is 17.9. The van der Waals surface area contributed by atoms with Gasteiger partial charge in [-0.15, -0.1) is 5.10 Å². The number of nitrogens with zero attached hydrogens (tertiary/aromatic N) is 3. The van der Waals surface area contributed by atoms with Gasteiger partial charge in [0.05, 0.1) is 17.1 Å². The molecule has 9 heteroatoms. The van der Waals surface area contributed by atoms with Gasteiger partial charge in [0.1, 0.15) is 5.82 Å². The highest BCUT2D eigenvalue weighted by Crippen LogP contribution is 2.31. The first-order chi connectivity index (χ1) is 11.5. The number of hydrogen-bond acceptors (Lipinski definition) is 7. The minimum absolute atomic E-state index is 0.146. The molecule has 128 valence electrons. The Bertz CT molecular complexity index is 732. The summed E-state index contributed by atoms with van der Waals surface area (Å²) in [6.45, 7) is 4.21. The van der Waals surface area contributed by atoms with Crippen LogP contribution in [-0.2, 0) is 11.2 Å². The highest BCUT2D eigenvalue weighted by Gasteiger charge is 2.20. The Labute approximate surface area is 143 Å². The number of esters is 1. The summed E-state index contributed by atoms with van der Waals surface area (Å²) in [4.78, 5) is 27.5. The first-order valence-electron chi connectivity index (χ1n) is 7.59. The maximum atomic E-state index is 12.3. The molecule has 0 aliphatic carbocycles. The molecule has 0 radical (unpaired) electrons. The number of aromatic amines is 1. The fraction of sp³-hybridized carbons (Fsp3) is 0.400. The van der Waals surface area contributed by atoms with Crippen LogP contribution in [0.4, 0.5) is 5.69 Å². The zero-order valence-electron chi connectivity index (χ0n) is 13.4. The van der Waals surface area contributed by atoms with Crippen LogP contribution in [0.15, 0.2) is 28.3 Å². The van der Waals surface area contributed by atoms with Gasteiger partial charge in [0.2, 0.25) is 5.16 Å². The lowest BCUT2D eigenvalue weighted by molar-refractivity contribution is -0.384. The van der Waals surface area contributed by atoms with Crippen LogP contribution >= 0.6 is 11.8 Å². The van der Waals surface area contributed by atoms with Gasteiger partial charge in [0.25, 0.3) is 5.69 Å². The smallest absolute Gasteiger partial charge is 0.339 e. The molecule has 1 N–H and O–H groups in total. The number of unbranched alkanes of at least 4 members (excludes halogenated alkanes) is 1. The number of nitro benzene ring substituents is 1. The molecule has 1 aromatic heterocycles. The lowest BCUT2D eigenvalue weighted by Gasteiger charge is -2.08. The van der Waals surface area contributed by atoms with Crippen molar-refractivity contribution in [3.8, 4) is 0 Å². The quantitative estimate of drug-likeness (QED) is 0.336. The van der Waals surface area contributed by atoms with Gasteiger partial charge in [0.15, 0.2) is 0 Å². The number of carbonyl (C=O) groups is 1. The predicted octanol–water partition coefficient (Wildman–Crippen LogP) is 3.38. The molecule has 0 aliphatic heterocycles.